The van der Waals surface area contributed by atoms with Crippen molar-refractivity contribution in [1.82, 2.24) is 15.1 Å². The number of benzene rings is 1. The predicted molar refractivity (Wildman–Crippen MR) is 85.3 cm³/mol. The van der Waals surface area contributed by atoms with Crippen LogP contribution in [0.15, 0.2) is 30.5 Å². The molecule has 0 saturated carbocycles. The summed E-state index contributed by atoms with van der Waals surface area (Å²) < 4.78 is 12.2. The van der Waals surface area contributed by atoms with Crippen molar-refractivity contribution in [3.8, 4) is 5.75 Å². The van der Waals surface area contributed by atoms with E-state index in [1.165, 1.54) is 0 Å². The molecule has 0 bridgehead atoms. The van der Waals surface area contributed by atoms with E-state index in [2.05, 4.69) is 10.4 Å². The van der Waals surface area contributed by atoms with Crippen LogP contribution in [0.25, 0.3) is 0 Å². The smallest absolute Gasteiger partial charge is 0.241 e. The molecule has 0 atom stereocenters. The summed E-state index contributed by atoms with van der Waals surface area (Å²) in [6.07, 6.45) is 3.51. The van der Waals surface area contributed by atoms with Gasteiger partial charge in [-0.2, -0.15) is 5.10 Å². The van der Waals surface area contributed by atoms with Crippen LogP contribution in [0.5, 0.6) is 5.75 Å². The number of amides is 1. The van der Waals surface area contributed by atoms with Crippen LogP contribution in [-0.2, 0) is 35.5 Å². The number of hydrogen-bond acceptors (Lipinski definition) is 4. The van der Waals surface area contributed by atoms with Gasteiger partial charge in [0.25, 0.3) is 0 Å². The van der Waals surface area contributed by atoms with Gasteiger partial charge in [0, 0.05) is 24.7 Å². The lowest BCUT2D eigenvalue weighted by molar-refractivity contribution is -0.121. The molecule has 1 aromatic heterocycles. The average Bonchev–Trinajstić information content (AvgIpc) is 2.97. The van der Waals surface area contributed by atoms with Crippen LogP contribution in [0.3, 0.4) is 0 Å². The van der Waals surface area contributed by atoms with E-state index in [1.54, 1.807) is 11.8 Å². The Morgan fingerprint density at radius 1 is 1.39 bits per heavy atom. The molecule has 0 unspecified atom stereocenters. The quantitative estimate of drug-likeness (QED) is 0.873. The second-order valence-corrected chi connectivity index (χ2v) is 5.55. The molecule has 1 amide bonds. The van der Waals surface area contributed by atoms with Crippen LogP contribution in [-0.4, -0.2) is 35.9 Å². The Hall–Kier alpha value is -2.34. The summed E-state index contributed by atoms with van der Waals surface area (Å²) in [6, 6.07) is 7.86. The van der Waals surface area contributed by atoms with Crippen LogP contribution in [0.2, 0.25) is 0 Å². The summed E-state index contributed by atoms with van der Waals surface area (Å²) in [5.41, 5.74) is 3.29. The van der Waals surface area contributed by atoms with Crippen LogP contribution in [0.4, 0.5) is 0 Å². The Morgan fingerprint density at radius 2 is 2.22 bits per heavy atom. The van der Waals surface area contributed by atoms with Crippen molar-refractivity contribution in [3.05, 3.63) is 47.3 Å². The zero-order chi connectivity index (χ0) is 16.1. The van der Waals surface area contributed by atoms with Gasteiger partial charge >= 0.3 is 0 Å². The third-order valence-electron chi connectivity index (χ3n) is 3.87. The van der Waals surface area contributed by atoms with Gasteiger partial charge in [0.2, 0.25) is 5.91 Å². The topological polar surface area (TPSA) is 65.4 Å². The molecule has 6 nitrogen and oxygen atoms in total. The molecule has 0 spiro atoms. The Bertz CT molecular complexity index is 641. The molecule has 0 fully saturated rings. The largest absolute Gasteiger partial charge is 0.497 e. The van der Waals surface area contributed by atoms with Gasteiger partial charge in [0.1, 0.15) is 12.3 Å². The van der Waals surface area contributed by atoms with Gasteiger partial charge in [-0.05, 0) is 24.1 Å². The highest BCUT2D eigenvalue weighted by molar-refractivity contribution is 5.75. The van der Waals surface area contributed by atoms with E-state index in [4.69, 9.17) is 9.47 Å². The van der Waals surface area contributed by atoms with Gasteiger partial charge in [-0.3, -0.25) is 9.48 Å². The number of methoxy groups -OCH3 is 1. The highest BCUT2D eigenvalue weighted by Gasteiger charge is 2.14. The molecule has 1 aliphatic rings. The molecule has 0 aliphatic carbocycles. The molecule has 1 N–H and O–H groups in total. The summed E-state index contributed by atoms with van der Waals surface area (Å²) in [5, 5.41) is 7.36. The van der Waals surface area contributed by atoms with Gasteiger partial charge in [0.15, 0.2) is 0 Å². The summed E-state index contributed by atoms with van der Waals surface area (Å²) in [5.74, 6) is 0.809. The molecule has 6 heteroatoms. The van der Waals surface area contributed by atoms with Crippen LogP contribution < -0.4 is 10.1 Å². The highest BCUT2D eigenvalue weighted by atomic mass is 16.5. The number of aromatic nitrogens is 2. The lowest BCUT2D eigenvalue weighted by Gasteiger charge is -2.08. The minimum Gasteiger partial charge on any atom is -0.497 e. The average molecular weight is 315 g/mol. The van der Waals surface area contributed by atoms with E-state index in [9.17, 15) is 4.79 Å². The molecule has 122 valence electrons. The second kappa shape index (κ2) is 7.28. The van der Waals surface area contributed by atoms with Crippen LogP contribution in [0, 0.1) is 0 Å². The molecular weight excluding hydrogens is 294 g/mol. The van der Waals surface area contributed by atoms with Crippen molar-refractivity contribution in [2.45, 2.75) is 26.0 Å². The van der Waals surface area contributed by atoms with Crippen molar-refractivity contribution >= 4 is 5.91 Å². The van der Waals surface area contributed by atoms with Gasteiger partial charge in [-0.1, -0.05) is 12.1 Å². The molecule has 0 saturated heterocycles. The fourth-order valence-corrected chi connectivity index (χ4v) is 2.61. The summed E-state index contributed by atoms with van der Waals surface area (Å²) in [4.78, 5) is 12.0. The second-order valence-electron chi connectivity index (χ2n) is 5.55. The van der Waals surface area contributed by atoms with Gasteiger partial charge in [-0.15, -0.1) is 0 Å². The van der Waals surface area contributed by atoms with E-state index in [-0.39, 0.29) is 12.5 Å². The summed E-state index contributed by atoms with van der Waals surface area (Å²) >= 11 is 0. The highest BCUT2D eigenvalue weighted by Crippen LogP contribution is 2.14. The Kier molecular flexibility index (Phi) is 4.92. The minimum absolute atomic E-state index is 0.0284. The lowest BCUT2D eigenvalue weighted by Crippen LogP contribution is -2.29. The normalized spacial score (nSPS) is 13.4. The standard InChI is InChI=1S/C17H21N3O3/c1-22-15-4-2-13(3-5-15)6-8-18-17(21)11-20-10-14-12-23-9-7-16(14)19-20/h2-5,10H,6-9,11-12H2,1H3,(H,18,21). The van der Waals surface area contributed by atoms with Crippen molar-refractivity contribution in [2.75, 3.05) is 20.3 Å². The first-order valence-electron chi connectivity index (χ1n) is 7.77. The van der Waals surface area contributed by atoms with E-state index in [1.807, 2.05) is 30.5 Å². The molecule has 2 heterocycles. The Labute approximate surface area is 135 Å². The van der Waals surface area contributed by atoms with Gasteiger partial charge in [-0.25, -0.2) is 0 Å². The maximum atomic E-state index is 12.0. The molecule has 0 radical (unpaired) electrons. The molecule has 23 heavy (non-hydrogen) atoms. The van der Waals surface area contributed by atoms with E-state index < -0.39 is 0 Å². The van der Waals surface area contributed by atoms with E-state index in [0.717, 1.165) is 35.4 Å². The van der Waals surface area contributed by atoms with Crippen LogP contribution in [0.1, 0.15) is 16.8 Å². The Morgan fingerprint density at radius 3 is 2.96 bits per heavy atom. The zero-order valence-corrected chi connectivity index (χ0v) is 13.2. The SMILES string of the molecule is COc1ccc(CCNC(=O)Cn2cc3c(n2)CCOC3)cc1. The molecule has 3 rings (SSSR count). The number of fused-ring (bicyclic) bond motifs is 1. The number of ether oxygens (including phenoxy) is 2. The fraction of sp³-hybridized carbons (Fsp3) is 0.412. The maximum Gasteiger partial charge on any atom is 0.241 e. The van der Waals surface area contributed by atoms with Crippen molar-refractivity contribution in [1.29, 1.82) is 0 Å². The summed E-state index contributed by atoms with van der Waals surface area (Å²) in [6.45, 7) is 2.15. The van der Waals surface area contributed by atoms with E-state index in [0.29, 0.717) is 19.8 Å². The third-order valence-corrected chi connectivity index (χ3v) is 3.87. The monoisotopic (exact) mass is 315 g/mol. The predicted octanol–water partition coefficient (Wildman–Crippen LogP) is 1.32. The fourth-order valence-electron chi connectivity index (χ4n) is 2.61. The number of carbonyl (C=O) groups excluding carboxylic acids is 1. The van der Waals surface area contributed by atoms with Crippen molar-refractivity contribution in [2.24, 2.45) is 0 Å². The number of rotatable bonds is 6. The van der Waals surface area contributed by atoms with E-state index >= 15 is 0 Å². The number of nitrogens with zero attached hydrogens (tertiary/aromatic N) is 2. The molecule has 1 aromatic carbocycles. The lowest BCUT2D eigenvalue weighted by atomic mass is 10.1. The third kappa shape index (κ3) is 4.10. The van der Waals surface area contributed by atoms with Crippen molar-refractivity contribution in [3.63, 3.8) is 0 Å². The zero-order valence-electron chi connectivity index (χ0n) is 13.2. The molecule has 1 aliphatic heterocycles. The number of carbonyl (C=O) groups is 1. The molecular formula is C17H21N3O3. The minimum atomic E-state index is -0.0284. The van der Waals surface area contributed by atoms with Gasteiger partial charge in [0.05, 0.1) is 26.0 Å². The van der Waals surface area contributed by atoms with Crippen LogP contribution >= 0.6 is 0 Å². The first-order chi connectivity index (χ1) is 11.2. The molecule has 2 aromatic rings. The first kappa shape index (κ1) is 15.6. The van der Waals surface area contributed by atoms with Gasteiger partial charge < -0.3 is 14.8 Å². The maximum absolute atomic E-state index is 12.0. The Balaban J connectivity index is 1.44. The number of nitrogens with one attached hydrogen (secondary N) is 1. The number of hydrogen-bond donors (Lipinski definition) is 1. The van der Waals surface area contributed by atoms with Crippen molar-refractivity contribution < 1.29 is 14.3 Å². The first-order valence-corrected chi connectivity index (χ1v) is 7.77. The summed E-state index contributed by atoms with van der Waals surface area (Å²) in [7, 11) is 1.65.